The lowest BCUT2D eigenvalue weighted by molar-refractivity contribution is 0.319. The Kier molecular flexibility index (Phi) is 5.34. The molecule has 2 atom stereocenters. The molecule has 4 heteroatoms. The second-order valence-electron chi connectivity index (χ2n) is 5.77. The van der Waals surface area contributed by atoms with Crippen LogP contribution in [0.25, 0.3) is 11.1 Å². The number of likely N-dealkylation sites (tertiary alicyclic amines) is 1. The molecule has 0 bridgehead atoms. The summed E-state index contributed by atoms with van der Waals surface area (Å²) in [6.45, 7) is 5.32. The van der Waals surface area contributed by atoms with Crippen LogP contribution in [0.3, 0.4) is 0 Å². The number of rotatable bonds is 3. The number of nitrogens with two attached hydrogens (primary N) is 1. The van der Waals surface area contributed by atoms with Crippen molar-refractivity contribution in [3.05, 3.63) is 54.4 Å². The van der Waals surface area contributed by atoms with Crippen LogP contribution in [0.15, 0.2) is 48.8 Å². The van der Waals surface area contributed by atoms with Crippen molar-refractivity contribution in [3.8, 4) is 11.1 Å². The van der Waals surface area contributed by atoms with E-state index in [1.807, 2.05) is 24.5 Å². The molecule has 1 aliphatic rings. The molecule has 3 rings (SSSR count). The molecule has 0 aliphatic carbocycles. The van der Waals surface area contributed by atoms with Crippen molar-refractivity contribution in [3.63, 3.8) is 0 Å². The van der Waals surface area contributed by atoms with E-state index < -0.39 is 0 Å². The minimum atomic E-state index is 0. The summed E-state index contributed by atoms with van der Waals surface area (Å²) < 4.78 is 0. The SMILES string of the molecule is CC1CN(Cc2cccc(-c3ccncc3)c2)CC1N.Cl. The summed E-state index contributed by atoms with van der Waals surface area (Å²) in [5, 5.41) is 0. The van der Waals surface area contributed by atoms with Gasteiger partial charge in [-0.3, -0.25) is 9.88 Å². The standard InChI is InChI=1S/C17H21N3.ClH/c1-13-10-20(12-17(13)18)11-14-3-2-4-16(9-14)15-5-7-19-8-6-15;/h2-9,13,17H,10-12,18H2,1H3;1H. The predicted octanol–water partition coefficient (Wildman–Crippen LogP) is 2.95. The van der Waals surface area contributed by atoms with E-state index in [9.17, 15) is 0 Å². The maximum Gasteiger partial charge on any atom is 0.0273 e. The molecule has 1 fully saturated rings. The molecule has 2 heterocycles. The Balaban J connectivity index is 0.00000161. The van der Waals surface area contributed by atoms with Crippen molar-refractivity contribution in [2.75, 3.05) is 13.1 Å². The highest BCUT2D eigenvalue weighted by Crippen LogP contribution is 2.22. The second kappa shape index (κ2) is 7.03. The van der Waals surface area contributed by atoms with Gasteiger partial charge in [-0.25, -0.2) is 0 Å². The van der Waals surface area contributed by atoms with Gasteiger partial charge in [0, 0.05) is 38.1 Å². The second-order valence-corrected chi connectivity index (χ2v) is 5.77. The summed E-state index contributed by atoms with van der Waals surface area (Å²) in [4.78, 5) is 6.52. The number of nitrogens with zero attached hydrogens (tertiary/aromatic N) is 2. The largest absolute Gasteiger partial charge is 0.326 e. The zero-order chi connectivity index (χ0) is 13.9. The van der Waals surface area contributed by atoms with Gasteiger partial charge in [-0.05, 0) is 40.8 Å². The molecular formula is C17H22ClN3. The van der Waals surface area contributed by atoms with Gasteiger partial charge in [-0.15, -0.1) is 12.4 Å². The first kappa shape index (κ1) is 16.0. The van der Waals surface area contributed by atoms with Gasteiger partial charge in [0.15, 0.2) is 0 Å². The third-order valence-corrected chi connectivity index (χ3v) is 4.09. The van der Waals surface area contributed by atoms with E-state index in [1.54, 1.807) is 0 Å². The van der Waals surface area contributed by atoms with Gasteiger partial charge in [0.1, 0.15) is 0 Å². The Morgan fingerprint density at radius 1 is 1.14 bits per heavy atom. The predicted molar refractivity (Wildman–Crippen MR) is 89.3 cm³/mol. The Morgan fingerprint density at radius 3 is 2.57 bits per heavy atom. The highest BCUT2D eigenvalue weighted by Gasteiger charge is 2.26. The molecular weight excluding hydrogens is 282 g/mol. The van der Waals surface area contributed by atoms with E-state index in [2.05, 4.69) is 41.1 Å². The number of hydrogen-bond acceptors (Lipinski definition) is 3. The zero-order valence-electron chi connectivity index (χ0n) is 12.3. The van der Waals surface area contributed by atoms with E-state index in [-0.39, 0.29) is 12.4 Å². The number of benzene rings is 1. The first-order chi connectivity index (χ1) is 9.72. The molecule has 2 aromatic rings. The van der Waals surface area contributed by atoms with Crippen LogP contribution in [-0.4, -0.2) is 29.0 Å². The molecule has 0 saturated carbocycles. The normalized spacial score (nSPS) is 22.0. The molecule has 1 saturated heterocycles. The van der Waals surface area contributed by atoms with E-state index in [0.717, 1.165) is 19.6 Å². The summed E-state index contributed by atoms with van der Waals surface area (Å²) >= 11 is 0. The van der Waals surface area contributed by atoms with E-state index in [4.69, 9.17) is 5.73 Å². The Bertz CT molecular complexity index is 563. The molecule has 1 aromatic carbocycles. The van der Waals surface area contributed by atoms with Gasteiger partial charge in [0.05, 0.1) is 0 Å². The van der Waals surface area contributed by atoms with Crippen molar-refractivity contribution in [1.29, 1.82) is 0 Å². The van der Waals surface area contributed by atoms with Gasteiger partial charge >= 0.3 is 0 Å². The van der Waals surface area contributed by atoms with Crippen molar-refractivity contribution >= 4 is 12.4 Å². The van der Waals surface area contributed by atoms with Gasteiger partial charge in [0.25, 0.3) is 0 Å². The maximum absolute atomic E-state index is 6.09. The van der Waals surface area contributed by atoms with Crippen molar-refractivity contribution in [2.24, 2.45) is 11.7 Å². The minimum absolute atomic E-state index is 0. The summed E-state index contributed by atoms with van der Waals surface area (Å²) in [5.41, 5.74) is 9.91. The Morgan fingerprint density at radius 2 is 1.90 bits per heavy atom. The topological polar surface area (TPSA) is 42.2 Å². The zero-order valence-corrected chi connectivity index (χ0v) is 13.1. The summed E-state index contributed by atoms with van der Waals surface area (Å²) in [5.74, 6) is 0.596. The van der Waals surface area contributed by atoms with E-state index >= 15 is 0 Å². The number of aromatic nitrogens is 1. The van der Waals surface area contributed by atoms with Gasteiger partial charge in [0.2, 0.25) is 0 Å². The van der Waals surface area contributed by atoms with Crippen LogP contribution in [0, 0.1) is 5.92 Å². The number of halogens is 1. The summed E-state index contributed by atoms with van der Waals surface area (Å²) in [7, 11) is 0. The van der Waals surface area contributed by atoms with Crippen LogP contribution < -0.4 is 5.73 Å². The monoisotopic (exact) mass is 303 g/mol. The quantitative estimate of drug-likeness (QED) is 0.948. The average Bonchev–Trinajstić information content (AvgIpc) is 2.78. The molecule has 21 heavy (non-hydrogen) atoms. The third-order valence-electron chi connectivity index (χ3n) is 4.09. The van der Waals surface area contributed by atoms with Crippen molar-refractivity contribution in [2.45, 2.75) is 19.5 Å². The molecule has 0 spiro atoms. The smallest absolute Gasteiger partial charge is 0.0273 e. The van der Waals surface area contributed by atoms with Gasteiger partial charge < -0.3 is 5.73 Å². The summed E-state index contributed by atoms with van der Waals surface area (Å²) in [6, 6.07) is 13.2. The molecule has 112 valence electrons. The highest BCUT2D eigenvalue weighted by atomic mass is 35.5. The fourth-order valence-electron chi connectivity index (χ4n) is 2.88. The Hall–Kier alpha value is -1.42. The first-order valence-corrected chi connectivity index (χ1v) is 7.19. The van der Waals surface area contributed by atoms with Crippen LogP contribution >= 0.6 is 12.4 Å². The first-order valence-electron chi connectivity index (χ1n) is 7.19. The fraction of sp³-hybridized carbons (Fsp3) is 0.353. The van der Waals surface area contributed by atoms with Crippen LogP contribution in [0.5, 0.6) is 0 Å². The lowest BCUT2D eigenvalue weighted by Gasteiger charge is -2.16. The molecule has 1 aromatic heterocycles. The lowest BCUT2D eigenvalue weighted by Crippen LogP contribution is -2.28. The van der Waals surface area contributed by atoms with Gasteiger partial charge in [-0.1, -0.05) is 25.1 Å². The summed E-state index contributed by atoms with van der Waals surface area (Å²) in [6.07, 6.45) is 3.67. The number of pyridine rings is 1. The molecule has 0 amide bonds. The lowest BCUT2D eigenvalue weighted by atomic mass is 10.0. The van der Waals surface area contributed by atoms with Crippen LogP contribution in [0.2, 0.25) is 0 Å². The molecule has 3 nitrogen and oxygen atoms in total. The van der Waals surface area contributed by atoms with Crippen LogP contribution in [0.1, 0.15) is 12.5 Å². The Labute approximate surface area is 132 Å². The fourth-order valence-corrected chi connectivity index (χ4v) is 2.88. The molecule has 2 unspecified atom stereocenters. The molecule has 1 aliphatic heterocycles. The third kappa shape index (κ3) is 3.82. The van der Waals surface area contributed by atoms with E-state index in [1.165, 1.54) is 16.7 Å². The van der Waals surface area contributed by atoms with Crippen LogP contribution in [0.4, 0.5) is 0 Å². The maximum atomic E-state index is 6.09. The highest BCUT2D eigenvalue weighted by molar-refractivity contribution is 5.85. The van der Waals surface area contributed by atoms with Gasteiger partial charge in [-0.2, -0.15) is 0 Å². The number of hydrogen-bond donors (Lipinski definition) is 1. The molecule has 2 N–H and O–H groups in total. The minimum Gasteiger partial charge on any atom is -0.326 e. The van der Waals surface area contributed by atoms with Crippen LogP contribution in [-0.2, 0) is 6.54 Å². The van der Waals surface area contributed by atoms with Crippen molar-refractivity contribution < 1.29 is 0 Å². The average molecular weight is 304 g/mol. The van der Waals surface area contributed by atoms with Crippen molar-refractivity contribution in [1.82, 2.24) is 9.88 Å². The molecule has 0 radical (unpaired) electrons. The van der Waals surface area contributed by atoms with E-state index in [0.29, 0.717) is 12.0 Å².